The molecule has 2 aromatic carbocycles. The van der Waals surface area contributed by atoms with Crippen LogP contribution in [0.3, 0.4) is 0 Å². The van der Waals surface area contributed by atoms with Crippen molar-refractivity contribution in [2.75, 3.05) is 38.7 Å². The Bertz CT molecular complexity index is 1050. The Labute approximate surface area is 183 Å². The summed E-state index contributed by atoms with van der Waals surface area (Å²) in [5.41, 5.74) is 2.48. The van der Waals surface area contributed by atoms with Crippen LogP contribution in [0, 0.1) is 11.7 Å². The van der Waals surface area contributed by atoms with Gasteiger partial charge in [-0.25, -0.2) is 17.6 Å². The molecule has 0 unspecified atom stereocenters. The topological polar surface area (TPSA) is 66.9 Å². The zero-order valence-electron chi connectivity index (χ0n) is 18.4. The van der Waals surface area contributed by atoms with Gasteiger partial charge in [0, 0.05) is 27.2 Å². The van der Waals surface area contributed by atoms with Crippen molar-refractivity contribution in [1.82, 2.24) is 4.90 Å². The van der Waals surface area contributed by atoms with E-state index < -0.39 is 15.7 Å². The molecule has 8 heteroatoms. The number of sulfone groups is 1. The lowest BCUT2D eigenvalue weighted by Crippen LogP contribution is -2.34. The maximum Gasteiger partial charge on any atom is 0.409 e. The number of ether oxygens (including phenoxy) is 1. The van der Waals surface area contributed by atoms with Gasteiger partial charge in [-0.1, -0.05) is 13.8 Å². The first kappa shape index (κ1) is 23.1. The van der Waals surface area contributed by atoms with Crippen LogP contribution in [0.4, 0.5) is 14.9 Å². The van der Waals surface area contributed by atoms with E-state index in [-0.39, 0.29) is 21.8 Å². The molecule has 0 saturated heterocycles. The second kappa shape index (κ2) is 9.26. The summed E-state index contributed by atoms with van der Waals surface area (Å²) in [5.74, 6) is -0.229. The third-order valence-electron chi connectivity index (χ3n) is 5.28. The van der Waals surface area contributed by atoms with E-state index in [1.807, 2.05) is 19.9 Å². The fraction of sp³-hybridized carbons (Fsp3) is 0.435. The minimum atomic E-state index is -3.84. The van der Waals surface area contributed by atoms with E-state index in [1.165, 1.54) is 12.1 Å². The van der Waals surface area contributed by atoms with Gasteiger partial charge in [0.05, 0.1) is 22.1 Å². The summed E-state index contributed by atoms with van der Waals surface area (Å²) in [6.07, 6.45) is 0.809. The van der Waals surface area contributed by atoms with Gasteiger partial charge in [-0.2, -0.15) is 0 Å². The summed E-state index contributed by atoms with van der Waals surface area (Å²) in [4.78, 5) is 16.0. The maximum absolute atomic E-state index is 13.3. The Morgan fingerprint density at radius 3 is 2.23 bits per heavy atom. The summed E-state index contributed by atoms with van der Waals surface area (Å²) in [6, 6.07) is 8.43. The highest BCUT2D eigenvalue weighted by Gasteiger charge is 2.27. The van der Waals surface area contributed by atoms with Gasteiger partial charge in [-0.3, -0.25) is 0 Å². The van der Waals surface area contributed by atoms with Crippen LogP contribution in [0.1, 0.15) is 25.0 Å². The van der Waals surface area contributed by atoms with E-state index in [0.29, 0.717) is 38.2 Å². The fourth-order valence-corrected chi connectivity index (χ4v) is 5.12. The number of nitrogens with zero attached hydrogens (tertiary/aromatic N) is 2. The lowest BCUT2D eigenvalue weighted by Gasteiger charge is -2.20. The fourth-order valence-electron chi connectivity index (χ4n) is 3.56. The number of anilines is 1. The lowest BCUT2D eigenvalue weighted by atomic mass is 10.0. The molecule has 1 amide bonds. The van der Waals surface area contributed by atoms with Gasteiger partial charge < -0.3 is 14.5 Å². The number of amides is 1. The second-order valence-electron chi connectivity index (χ2n) is 8.40. The Morgan fingerprint density at radius 2 is 1.68 bits per heavy atom. The van der Waals surface area contributed by atoms with Crippen LogP contribution in [-0.4, -0.2) is 53.2 Å². The van der Waals surface area contributed by atoms with Crippen LogP contribution < -0.4 is 4.90 Å². The highest BCUT2D eigenvalue weighted by molar-refractivity contribution is 7.91. The van der Waals surface area contributed by atoms with Crippen LogP contribution in [-0.2, 0) is 27.4 Å². The summed E-state index contributed by atoms with van der Waals surface area (Å²) < 4.78 is 45.3. The average molecular weight is 449 g/mol. The van der Waals surface area contributed by atoms with Crippen molar-refractivity contribution >= 4 is 21.6 Å². The highest BCUT2D eigenvalue weighted by atomic mass is 32.2. The number of benzene rings is 2. The van der Waals surface area contributed by atoms with Crippen molar-refractivity contribution < 1.29 is 22.3 Å². The van der Waals surface area contributed by atoms with Crippen LogP contribution >= 0.6 is 0 Å². The zero-order valence-corrected chi connectivity index (χ0v) is 19.2. The Morgan fingerprint density at radius 1 is 1.10 bits per heavy atom. The van der Waals surface area contributed by atoms with Crippen molar-refractivity contribution in [3.63, 3.8) is 0 Å². The van der Waals surface area contributed by atoms with Crippen LogP contribution in [0.25, 0.3) is 0 Å². The number of halogens is 1. The van der Waals surface area contributed by atoms with E-state index in [0.717, 1.165) is 23.3 Å². The number of fused-ring (bicyclic) bond motifs is 1. The first-order chi connectivity index (χ1) is 14.6. The lowest BCUT2D eigenvalue weighted by molar-refractivity contribution is 0.0935. The number of rotatable bonds is 5. The van der Waals surface area contributed by atoms with Crippen molar-refractivity contribution in [1.29, 1.82) is 0 Å². The predicted molar refractivity (Wildman–Crippen MR) is 118 cm³/mol. The Kier molecular flexibility index (Phi) is 6.89. The van der Waals surface area contributed by atoms with Gasteiger partial charge in [0.2, 0.25) is 9.84 Å². The predicted octanol–water partition coefficient (Wildman–Crippen LogP) is 3.92. The summed E-state index contributed by atoms with van der Waals surface area (Å²) >= 11 is 0. The molecule has 6 nitrogen and oxygen atoms in total. The number of hydrogen-bond donors (Lipinski definition) is 0. The summed E-state index contributed by atoms with van der Waals surface area (Å²) in [6.45, 7) is 5.31. The summed E-state index contributed by atoms with van der Waals surface area (Å²) in [5, 5.41) is 0. The normalized spacial score (nSPS) is 14.2. The van der Waals surface area contributed by atoms with E-state index in [4.69, 9.17) is 4.74 Å². The molecule has 3 rings (SSSR count). The van der Waals surface area contributed by atoms with Crippen molar-refractivity contribution in [3.05, 3.63) is 53.3 Å². The molecule has 1 aliphatic rings. The second-order valence-corrected chi connectivity index (χ2v) is 10.3. The van der Waals surface area contributed by atoms with Crippen molar-refractivity contribution in [3.8, 4) is 0 Å². The average Bonchev–Trinajstić information content (AvgIpc) is 2.93. The number of hydrogen-bond acceptors (Lipinski definition) is 5. The highest BCUT2D eigenvalue weighted by Crippen LogP contribution is 2.33. The van der Waals surface area contributed by atoms with Crippen molar-refractivity contribution in [2.24, 2.45) is 5.92 Å². The van der Waals surface area contributed by atoms with Gasteiger partial charge in [-0.15, -0.1) is 0 Å². The van der Waals surface area contributed by atoms with E-state index in [9.17, 15) is 17.6 Å². The molecule has 2 aromatic rings. The van der Waals surface area contributed by atoms with Crippen molar-refractivity contribution in [2.45, 2.75) is 36.5 Å². The molecule has 0 saturated carbocycles. The minimum absolute atomic E-state index is 0.0458. The monoisotopic (exact) mass is 448 g/mol. The molecular formula is C23H29FN2O4S. The molecule has 0 atom stereocenters. The van der Waals surface area contributed by atoms with Gasteiger partial charge in [0.1, 0.15) is 5.82 Å². The standard InChI is InChI=1S/C23H29FN2O4S/c1-16(2)15-30-23(27)26-11-9-17-13-21(25(3)4)22(14-18(17)10-12-26)31(28,29)20-7-5-19(24)6-8-20/h5-8,13-14,16H,9-12,15H2,1-4H3. The van der Waals surface area contributed by atoms with Crippen LogP contribution in [0.5, 0.6) is 0 Å². The number of carbonyl (C=O) groups is 1. The first-order valence-corrected chi connectivity index (χ1v) is 11.8. The van der Waals surface area contributed by atoms with Gasteiger partial charge in [0.25, 0.3) is 0 Å². The Balaban J connectivity index is 1.94. The molecule has 1 aliphatic heterocycles. The molecule has 1 heterocycles. The van der Waals surface area contributed by atoms with Crippen LogP contribution in [0.15, 0.2) is 46.2 Å². The molecule has 0 N–H and O–H groups in total. The van der Waals surface area contributed by atoms with Gasteiger partial charge in [0.15, 0.2) is 0 Å². The van der Waals surface area contributed by atoms with E-state index >= 15 is 0 Å². The zero-order chi connectivity index (χ0) is 22.8. The van der Waals surface area contributed by atoms with E-state index in [1.54, 1.807) is 30.0 Å². The van der Waals surface area contributed by atoms with Gasteiger partial charge >= 0.3 is 6.09 Å². The Hall–Kier alpha value is -2.61. The third kappa shape index (κ3) is 5.18. The quantitative estimate of drug-likeness (QED) is 0.649. The largest absolute Gasteiger partial charge is 0.449 e. The molecule has 0 radical (unpaired) electrons. The van der Waals surface area contributed by atoms with Gasteiger partial charge in [-0.05, 0) is 66.3 Å². The first-order valence-electron chi connectivity index (χ1n) is 10.3. The number of carbonyl (C=O) groups excluding carboxylic acids is 1. The molecule has 0 aliphatic carbocycles. The SMILES string of the molecule is CC(C)COC(=O)N1CCc2cc(N(C)C)c(S(=O)(=O)c3ccc(F)cc3)cc2CC1. The molecule has 168 valence electrons. The molecule has 0 fully saturated rings. The molecule has 0 spiro atoms. The van der Waals surface area contributed by atoms with Crippen LogP contribution in [0.2, 0.25) is 0 Å². The molecule has 0 aromatic heterocycles. The van der Waals surface area contributed by atoms with E-state index in [2.05, 4.69) is 0 Å². The third-order valence-corrected chi connectivity index (χ3v) is 7.08. The molecule has 31 heavy (non-hydrogen) atoms. The minimum Gasteiger partial charge on any atom is -0.449 e. The molecular weight excluding hydrogens is 419 g/mol. The summed E-state index contributed by atoms with van der Waals surface area (Å²) in [7, 11) is -0.260. The molecule has 0 bridgehead atoms. The maximum atomic E-state index is 13.3. The smallest absolute Gasteiger partial charge is 0.409 e.